The average Bonchev–Trinajstić information content (AvgIpc) is 3.05. The van der Waals surface area contributed by atoms with Gasteiger partial charge >= 0.3 is 0 Å². The minimum Gasteiger partial charge on any atom is -0.325 e. The molecule has 8 nitrogen and oxygen atoms in total. The predicted octanol–water partition coefficient (Wildman–Crippen LogP) is 2.02. The third-order valence-corrected chi connectivity index (χ3v) is 6.63. The average molecular weight is 406 g/mol. The number of nitrogens with zero attached hydrogens (tertiary/aromatic N) is 4. The number of anilines is 1. The molecule has 3 rings (SSSR count). The van der Waals surface area contributed by atoms with Crippen molar-refractivity contribution in [2.45, 2.75) is 17.0 Å². The number of amides is 1. The number of benzene rings is 1. The first-order chi connectivity index (χ1) is 12.8. The molecule has 0 atom stereocenters. The monoisotopic (exact) mass is 405 g/mol. The van der Waals surface area contributed by atoms with Crippen LogP contribution in [-0.4, -0.2) is 53.1 Å². The SMILES string of the molecule is Cc1ccc(S(=O)(=O)N(C)C)cc1NC(=O)CSc1nnc2ccccn12. The Kier molecular flexibility index (Phi) is 5.49. The van der Waals surface area contributed by atoms with E-state index in [1.807, 2.05) is 24.4 Å². The second-order valence-electron chi connectivity index (χ2n) is 6.01. The number of rotatable bonds is 6. The maximum absolute atomic E-state index is 12.3. The van der Waals surface area contributed by atoms with E-state index in [2.05, 4.69) is 15.5 Å². The molecule has 0 saturated carbocycles. The topological polar surface area (TPSA) is 96.7 Å². The molecule has 0 bridgehead atoms. The lowest BCUT2D eigenvalue weighted by atomic mass is 10.2. The standard InChI is InChI=1S/C17H19N5O3S2/c1-12-7-8-13(27(24,25)21(2)3)10-14(12)18-16(23)11-26-17-20-19-15-6-4-5-9-22(15)17/h4-10H,11H2,1-3H3,(H,18,23). The highest BCUT2D eigenvalue weighted by Crippen LogP contribution is 2.23. The van der Waals surface area contributed by atoms with Crippen LogP contribution in [0.25, 0.3) is 5.65 Å². The lowest BCUT2D eigenvalue weighted by Crippen LogP contribution is -2.22. The zero-order valence-corrected chi connectivity index (χ0v) is 16.7. The van der Waals surface area contributed by atoms with Crippen molar-refractivity contribution in [3.8, 4) is 0 Å². The number of fused-ring (bicyclic) bond motifs is 1. The molecule has 0 aliphatic rings. The smallest absolute Gasteiger partial charge is 0.242 e. The molecule has 27 heavy (non-hydrogen) atoms. The highest BCUT2D eigenvalue weighted by molar-refractivity contribution is 7.99. The predicted molar refractivity (Wildman–Crippen MR) is 104 cm³/mol. The molecule has 2 heterocycles. The van der Waals surface area contributed by atoms with Gasteiger partial charge in [0.1, 0.15) is 0 Å². The van der Waals surface area contributed by atoms with Gasteiger partial charge in [-0.25, -0.2) is 12.7 Å². The van der Waals surface area contributed by atoms with Gasteiger partial charge in [-0.3, -0.25) is 9.20 Å². The van der Waals surface area contributed by atoms with Crippen LogP contribution in [0.5, 0.6) is 0 Å². The van der Waals surface area contributed by atoms with Crippen molar-refractivity contribution in [1.82, 2.24) is 18.9 Å². The summed E-state index contributed by atoms with van der Waals surface area (Å²) in [5, 5.41) is 11.5. The quantitative estimate of drug-likeness (QED) is 0.630. The van der Waals surface area contributed by atoms with Gasteiger partial charge in [-0.1, -0.05) is 23.9 Å². The lowest BCUT2D eigenvalue weighted by Gasteiger charge is -2.14. The molecular formula is C17H19N5O3S2. The van der Waals surface area contributed by atoms with Gasteiger partial charge in [-0.05, 0) is 36.8 Å². The van der Waals surface area contributed by atoms with Crippen molar-refractivity contribution in [2.75, 3.05) is 25.2 Å². The molecule has 10 heteroatoms. The highest BCUT2D eigenvalue weighted by atomic mass is 32.2. The summed E-state index contributed by atoms with van der Waals surface area (Å²) in [6, 6.07) is 10.2. The molecule has 0 unspecified atom stereocenters. The number of sulfonamides is 1. The van der Waals surface area contributed by atoms with E-state index in [0.717, 1.165) is 9.87 Å². The van der Waals surface area contributed by atoms with Crippen LogP contribution in [-0.2, 0) is 14.8 Å². The molecule has 3 aromatic rings. The fraction of sp³-hybridized carbons (Fsp3) is 0.235. The fourth-order valence-corrected chi connectivity index (χ4v) is 3.99. The van der Waals surface area contributed by atoms with Crippen LogP contribution in [0.1, 0.15) is 5.56 Å². The number of pyridine rings is 1. The Bertz CT molecular complexity index is 1090. The largest absolute Gasteiger partial charge is 0.325 e. The van der Waals surface area contributed by atoms with Gasteiger partial charge in [-0.15, -0.1) is 10.2 Å². The maximum Gasteiger partial charge on any atom is 0.242 e. The van der Waals surface area contributed by atoms with Crippen LogP contribution < -0.4 is 5.32 Å². The van der Waals surface area contributed by atoms with Crippen molar-refractivity contribution in [3.63, 3.8) is 0 Å². The summed E-state index contributed by atoms with van der Waals surface area (Å²) in [5.74, 6) is -0.130. The number of carbonyl (C=O) groups excluding carboxylic acids is 1. The van der Waals surface area contributed by atoms with E-state index >= 15 is 0 Å². The van der Waals surface area contributed by atoms with Gasteiger partial charge in [0, 0.05) is 26.0 Å². The van der Waals surface area contributed by atoms with E-state index in [0.29, 0.717) is 16.5 Å². The van der Waals surface area contributed by atoms with Crippen LogP contribution >= 0.6 is 11.8 Å². The molecule has 142 valence electrons. The van der Waals surface area contributed by atoms with Crippen molar-refractivity contribution >= 4 is 39.0 Å². The van der Waals surface area contributed by atoms with Crippen LogP contribution in [0.15, 0.2) is 52.6 Å². The number of aryl methyl sites for hydroxylation is 1. The molecule has 0 spiro atoms. The van der Waals surface area contributed by atoms with Gasteiger partial charge in [0.05, 0.1) is 10.6 Å². The second kappa shape index (κ2) is 7.67. The molecule has 0 aliphatic carbocycles. The molecule has 0 fully saturated rings. The van der Waals surface area contributed by atoms with E-state index < -0.39 is 10.0 Å². The number of hydrogen-bond donors (Lipinski definition) is 1. The Morgan fingerprint density at radius 1 is 1.22 bits per heavy atom. The Labute approximate surface area is 161 Å². The Balaban J connectivity index is 1.72. The molecule has 0 radical (unpaired) electrons. The van der Waals surface area contributed by atoms with Gasteiger partial charge in [0.15, 0.2) is 10.8 Å². The summed E-state index contributed by atoms with van der Waals surface area (Å²) < 4.78 is 27.5. The Morgan fingerprint density at radius 2 is 2.00 bits per heavy atom. The first-order valence-electron chi connectivity index (χ1n) is 8.04. The van der Waals surface area contributed by atoms with Crippen LogP contribution in [0, 0.1) is 6.92 Å². The molecule has 0 aliphatic heterocycles. The zero-order valence-electron chi connectivity index (χ0n) is 15.1. The van der Waals surface area contributed by atoms with Crippen molar-refractivity contribution < 1.29 is 13.2 Å². The first kappa shape index (κ1) is 19.3. The normalized spacial score (nSPS) is 11.9. The Hall–Kier alpha value is -2.43. The Morgan fingerprint density at radius 3 is 2.74 bits per heavy atom. The van der Waals surface area contributed by atoms with E-state index in [1.54, 1.807) is 17.4 Å². The lowest BCUT2D eigenvalue weighted by molar-refractivity contribution is -0.113. The maximum atomic E-state index is 12.3. The van der Waals surface area contributed by atoms with Gasteiger partial charge in [0.2, 0.25) is 15.9 Å². The van der Waals surface area contributed by atoms with Gasteiger partial charge in [-0.2, -0.15) is 0 Å². The molecule has 1 N–H and O–H groups in total. The van der Waals surface area contributed by atoms with Crippen molar-refractivity contribution in [3.05, 3.63) is 48.2 Å². The fourth-order valence-electron chi connectivity index (χ4n) is 2.34. The van der Waals surface area contributed by atoms with Crippen molar-refractivity contribution in [1.29, 1.82) is 0 Å². The number of carbonyl (C=O) groups is 1. The number of thioether (sulfide) groups is 1. The van der Waals surface area contributed by atoms with E-state index in [-0.39, 0.29) is 16.6 Å². The molecular weight excluding hydrogens is 386 g/mol. The number of hydrogen-bond acceptors (Lipinski definition) is 6. The van der Waals surface area contributed by atoms with Crippen molar-refractivity contribution in [2.24, 2.45) is 0 Å². The highest BCUT2D eigenvalue weighted by Gasteiger charge is 2.19. The summed E-state index contributed by atoms with van der Waals surface area (Å²) in [4.78, 5) is 12.5. The van der Waals surface area contributed by atoms with Crippen LogP contribution in [0.3, 0.4) is 0 Å². The summed E-state index contributed by atoms with van der Waals surface area (Å²) in [5.41, 5.74) is 1.95. The summed E-state index contributed by atoms with van der Waals surface area (Å²) >= 11 is 1.26. The molecule has 1 aromatic carbocycles. The molecule has 1 amide bonds. The number of aromatic nitrogens is 3. The molecule has 2 aromatic heterocycles. The minimum atomic E-state index is -3.57. The van der Waals surface area contributed by atoms with Crippen LogP contribution in [0.4, 0.5) is 5.69 Å². The first-order valence-corrected chi connectivity index (χ1v) is 10.5. The summed E-state index contributed by atoms with van der Waals surface area (Å²) in [6.07, 6.45) is 1.83. The van der Waals surface area contributed by atoms with E-state index in [1.165, 1.54) is 38.0 Å². The third kappa shape index (κ3) is 4.12. The van der Waals surface area contributed by atoms with Gasteiger partial charge in [0.25, 0.3) is 0 Å². The van der Waals surface area contributed by atoms with Gasteiger partial charge < -0.3 is 5.32 Å². The van der Waals surface area contributed by atoms with Crippen LogP contribution in [0.2, 0.25) is 0 Å². The van der Waals surface area contributed by atoms with E-state index in [9.17, 15) is 13.2 Å². The second-order valence-corrected chi connectivity index (χ2v) is 9.11. The zero-order chi connectivity index (χ0) is 19.6. The summed E-state index contributed by atoms with van der Waals surface area (Å²) in [7, 11) is -0.638. The third-order valence-electron chi connectivity index (χ3n) is 3.88. The minimum absolute atomic E-state index is 0.125. The summed E-state index contributed by atoms with van der Waals surface area (Å²) in [6.45, 7) is 1.81. The molecule has 0 saturated heterocycles. The number of nitrogens with one attached hydrogen (secondary N) is 1. The van der Waals surface area contributed by atoms with E-state index in [4.69, 9.17) is 0 Å².